The Morgan fingerprint density at radius 3 is 2.42 bits per heavy atom. The van der Waals surface area contributed by atoms with Crippen LogP contribution >= 0.6 is 0 Å². The average Bonchev–Trinajstić information content (AvgIpc) is 2.40. The lowest BCUT2D eigenvalue weighted by Crippen LogP contribution is -2.29. The monoisotopic (exact) mass is 285 g/mol. The highest BCUT2D eigenvalue weighted by molar-refractivity contribution is 7.89. The molecule has 0 saturated heterocycles. The maximum atomic E-state index is 12.3. The lowest BCUT2D eigenvalue weighted by molar-refractivity contribution is 0.281. The quantitative estimate of drug-likeness (QED) is 0.807. The molecule has 4 nitrogen and oxygen atoms in total. The van der Waals surface area contributed by atoms with Crippen LogP contribution in [0.4, 0.5) is 0 Å². The molecule has 0 spiro atoms. The second kappa shape index (κ2) is 7.03. The fraction of sp³-hybridized carbons (Fsp3) is 0.571. The van der Waals surface area contributed by atoms with Gasteiger partial charge in [-0.3, -0.25) is 0 Å². The molecule has 0 fully saturated rings. The van der Waals surface area contributed by atoms with Gasteiger partial charge in [0.15, 0.2) is 0 Å². The first-order chi connectivity index (χ1) is 8.94. The summed E-state index contributed by atoms with van der Waals surface area (Å²) in [5.41, 5.74) is 1.29. The van der Waals surface area contributed by atoms with E-state index in [-0.39, 0.29) is 11.5 Å². The van der Waals surface area contributed by atoms with Crippen molar-refractivity contribution in [1.29, 1.82) is 0 Å². The lowest BCUT2D eigenvalue weighted by atomic mass is 10.0. The number of aliphatic hydroxyl groups excluding tert-OH is 1. The van der Waals surface area contributed by atoms with Crippen LogP contribution in [-0.2, 0) is 16.6 Å². The molecule has 1 rings (SSSR count). The SMILES string of the molecule is CCC(CC)CNS(=O)(=O)c1cc(CO)ccc1C. The summed E-state index contributed by atoms with van der Waals surface area (Å²) in [7, 11) is -3.50. The van der Waals surface area contributed by atoms with E-state index in [0.29, 0.717) is 23.6 Å². The molecule has 19 heavy (non-hydrogen) atoms. The minimum absolute atomic E-state index is 0.157. The molecule has 2 N–H and O–H groups in total. The first-order valence-electron chi connectivity index (χ1n) is 6.64. The van der Waals surface area contributed by atoms with Crippen LogP contribution in [0.3, 0.4) is 0 Å². The van der Waals surface area contributed by atoms with Gasteiger partial charge < -0.3 is 5.11 Å². The molecule has 0 heterocycles. The highest BCUT2D eigenvalue weighted by atomic mass is 32.2. The van der Waals surface area contributed by atoms with E-state index < -0.39 is 10.0 Å². The fourth-order valence-electron chi connectivity index (χ4n) is 1.92. The largest absolute Gasteiger partial charge is 0.392 e. The van der Waals surface area contributed by atoms with E-state index in [1.807, 2.05) is 0 Å². The standard InChI is InChI=1S/C14H23NO3S/c1-4-12(5-2)9-15-19(17,18)14-8-13(10-16)7-6-11(14)3/h6-8,12,15-16H,4-5,9-10H2,1-3H3. The Balaban J connectivity index is 2.93. The Morgan fingerprint density at radius 1 is 1.26 bits per heavy atom. The summed E-state index contributed by atoms with van der Waals surface area (Å²) in [5.74, 6) is 0.358. The first-order valence-corrected chi connectivity index (χ1v) is 8.13. The van der Waals surface area contributed by atoms with Crippen molar-refractivity contribution in [3.8, 4) is 0 Å². The molecule has 0 aliphatic heterocycles. The minimum atomic E-state index is -3.50. The number of rotatable bonds is 7. The van der Waals surface area contributed by atoms with E-state index in [1.165, 1.54) is 6.07 Å². The van der Waals surface area contributed by atoms with Crippen molar-refractivity contribution in [3.63, 3.8) is 0 Å². The summed E-state index contributed by atoms with van der Waals surface area (Å²) < 4.78 is 27.2. The van der Waals surface area contributed by atoms with Crippen molar-refractivity contribution in [3.05, 3.63) is 29.3 Å². The number of nitrogens with one attached hydrogen (secondary N) is 1. The zero-order chi connectivity index (χ0) is 14.5. The van der Waals surface area contributed by atoms with Gasteiger partial charge >= 0.3 is 0 Å². The van der Waals surface area contributed by atoms with Gasteiger partial charge in [-0.05, 0) is 30.0 Å². The van der Waals surface area contributed by atoms with Crippen LogP contribution in [0.25, 0.3) is 0 Å². The number of sulfonamides is 1. The van der Waals surface area contributed by atoms with Crippen molar-refractivity contribution >= 4 is 10.0 Å². The van der Waals surface area contributed by atoms with Crippen LogP contribution < -0.4 is 4.72 Å². The first kappa shape index (κ1) is 16.1. The third kappa shape index (κ3) is 4.30. The third-order valence-corrected chi connectivity index (χ3v) is 5.01. The number of hydrogen-bond donors (Lipinski definition) is 2. The summed E-state index contributed by atoms with van der Waals surface area (Å²) >= 11 is 0. The normalized spacial score (nSPS) is 12.1. The molecule has 0 aromatic heterocycles. The van der Waals surface area contributed by atoms with E-state index in [2.05, 4.69) is 18.6 Å². The second-order valence-corrected chi connectivity index (χ2v) is 6.53. The molecule has 0 aliphatic rings. The molecule has 0 saturated carbocycles. The maximum absolute atomic E-state index is 12.3. The molecule has 0 unspecified atom stereocenters. The van der Waals surface area contributed by atoms with Crippen LogP contribution in [0, 0.1) is 12.8 Å². The maximum Gasteiger partial charge on any atom is 0.240 e. The zero-order valence-electron chi connectivity index (χ0n) is 11.8. The minimum Gasteiger partial charge on any atom is -0.392 e. The molecule has 0 atom stereocenters. The van der Waals surface area contributed by atoms with E-state index in [9.17, 15) is 8.42 Å². The van der Waals surface area contributed by atoms with Gasteiger partial charge in [0, 0.05) is 6.54 Å². The van der Waals surface area contributed by atoms with Gasteiger partial charge in [-0.1, -0.05) is 38.8 Å². The third-order valence-electron chi connectivity index (χ3n) is 3.44. The van der Waals surface area contributed by atoms with Crippen LogP contribution in [0.5, 0.6) is 0 Å². The Hall–Kier alpha value is -0.910. The molecule has 0 radical (unpaired) electrons. The Bertz CT molecular complexity index is 507. The van der Waals surface area contributed by atoms with Gasteiger partial charge in [0.25, 0.3) is 0 Å². The molecular weight excluding hydrogens is 262 g/mol. The number of aliphatic hydroxyl groups is 1. The van der Waals surface area contributed by atoms with Crippen molar-refractivity contribution in [2.45, 2.75) is 45.1 Å². The van der Waals surface area contributed by atoms with Gasteiger partial charge in [0.2, 0.25) is 10.0 Å². The highest BCUT2D eigenvalue weighted by Gasteiger charge is 2.18. The smallest absolute Gasteiger partial charge is 0.240 e. The summed E-state index contributed by atoms with van der Waals surface area (Å²) in [6.07, 6.45) is 1.91. The van der Waals surface area contributed by atoms with Gasteiger partial charge in [-0.25, -0.2) is 13.1 Å². The van der Waals surface area contributed by atoms with Crippen LogP contribution in [0.15, 0.2) is 23.1 Å². The molecule has 1 aromatic carbocycles. The molecule has 0 aliphatic carbocycles. The van der Waals surface area contributed by atoms with E-state index in [1.54, 1.807) is 19.1 Å². The second-order valence-electron chi connectivity index (χ2n) is 4.79. The van der Waals surface area contributed by atoms with Gasteiger partial charge in [-0.2, -0.15) is 0 Å². The molecule has 5 heteroatoms. The van der Waals surface area contributed by atoms with Crippen LogP contribution in [0.1, 0.15) is 37.8 Å². The lowest BCUT2D eigenvalue weighted by Gasteiger charge is -2.15. The average molecular weight is 285 g/mol. The van der Waals surface area contributed by atoms with Crippen LogP contribution in [-0.4, -0.2) is 20.1 Å². The van der Waals surface area contributed by atoms with Gasteiger partial charge in [-0.15, -0.1) is 0 Å². The fourth-order valence-corrected chi connectivity index (χ4v) is 3.32. The van der Waals surface area contributed by atoms with Crippen molar-refractivity contribution in [1.82, 2.24) is 4.72 Å². The highest BCUT2D eigenvalue weighted by Crippen LogP contribution is 2.18. The topological polar surface area (TPSA) is 66.4 Å². The van der Waals surface area contributed by atoms with Gasteiger partial charge in [0.05, 0.1) is 11.5 Å². The molecule has 0 bridgehead atoms. The summed E-state index contributed by atoms with van der Waals surface area (Å²) in [4.78, 5) is 0.255. The Kier molecular flexibility index (Phi) is 5.97. The van der Waals surface area contributed by atoms with Crippen LogP contribution in [0.2, 0.25) is 0 Å². The van der Waals surface area contributed by atoms with Crippen molar-refractivity contribution in [2.24, 2.45) is 5.92 Å². The van der Waals surface area contributed by atoms with Gasteiger partial charge in [0.1, 0.15) is 0 Å². The predicted octanol–water partition coefficient (Wildman–Crippen LogP) is 2.20. The predicted molar refractivity (Wildman–Crippen MR) is 76.4 cm³/mol. The number of benzene rings is 1. The van der Waals surface area contributed by atoms with Crippen molar-refractivity contribution < 1.29 is 13.5 Å². The summed E-state index contributed by atoms with van der Waals surface area (Å²) in [5, 5.41) is 9.10. The molecule has 1 aromatic rings. The van der Waals surface area contributed by atoms with E-state index in [0.717, 1.165) is 12.8 Å². The summed E-state index contributed by atoms with van der Waals surface area (Å²) in [6.45, 7) is 6.17. The molecule has 108 valence electrons. The molecule has 0 amide bonds. The van der Waals surface area contributed by atoms with E-state index >= 15 is 0 Å². The Morgan fingerprint density at radius 2 is 1.89 bits per heavy atom. The summed E-state index contributed by atoms with van der Waals surface area (Å²) in [6, 6.07) is 4.98. The zero-order valence-corrected chi connectivity index (χ0v) is 12.6. The van der Waals surface area contributed by atoms with E-state index in [4.69, 9.17) is 5.11 Å². The number of aryl methyl sites for hydroxylation is 1. The number of hydrogen-bond acceptors (Lipinski definition) is 3. The Labute approximate surface area is 115 Å². The molecular formula is C14H23NO3S. The van der Waals surface area contributed by atoms with Crippen molar-refractivity contribution in [2.75, 3.05) is 6.54 Å².